The predicted octanol–water partition coefficient (Wildman–Crippen LogP) is 6.66. The van der Waals surface area contributed by atoms with Crippen LogP contribution in [0.15, 0.2) is 24.3 Å². The van der Waals surface area contributed by atoms with E-state index in [1.54, 1.807) is 24.3 Å². The van der Waals surface area contributed by atoms with E-state index in [9.17, 15) is 9.59 Å². The molecule has 2 saturated heterocycles. The van der Waals surface area contributed by atoms with Gasteiger partial charge in [-0.05, 0) is 71.4 Å². The number of benzene rings is 1. The number of carboxylic acids is 1. The van der Waals surface area contributed by atoms with E-state index in [1.807, 2.05) is 20.8 Å². The quantitative estimate of drug-likeness (QED) is 0.395. The van der Waals surface area contributed by atoms with E-state index in [2.05, 4.69) is 27.7 Å². The molecule has 3 rings (SSSR count). The zero-order valence-electron chi connectivity index (χ0n) is 23.9. The van der Waals surface area contributed by atoms with E-state index >= 15 is 0 Å². The number of esters is 1. The van der Waals surface area contributed by atoms with Crippen LogP contribution in [0.5, 0.6) is 0 Å². The van der Waals surface area contributed by atoms with Gasteiger partial charge in [0.25, 0.3) is 0 Å². The van der Waals surface area contributed by atoms with Crippen LogP contribution in [0.25, 0.3) is 0 Å². The molecule has 0 spiro atoms. The summed E-state index contributed by atoms with van der Waals surface area (Å²) in [4.78, 5) is 21.0. The smallest absolute Gasteiger partial charge is 0.335 e. The second kappa shape index (κ2) is 17.5. The minimum Gasteiger partial charge on any atom is -0.478 e. The summed E-state index contributed by atoms with van der Waals surface area (Å²) in [5.41, 5.74) is 1.14. The van der Waals surface area contributed by atoms with Crippen LogP contribution in [0.2, 0.25) is 0 Å². The van der Waals surface area contributed by atoms with Crippen molar-refractivity contribution in [2.75, 3.05) is 0 Å². The lowest BCUT2D eigenvalue weighted by atomic mass is 10.1. The van der Waals surface area contributed by atoms with Crippen LogP contribution in [-0.4, -0.2) is 53.9 Å². The first-order valence-electron chi connectivity index (χ1n) is 13.6. The molecule has 212 valence electrons. The fraction of sp³-hybridized carbons (Fsp3) is 0.724. The van der Waals surface area contributed by atoms with Gasteiger partial charge in [0, 0.05) is 12.5 Å². The molecule has 1 aromatic rings. The molecule has 0 saturated carbocycles. The third-order valence-corrected chi connectivity index (χ3v) is 6.21. The van der Waals surface area contributed by atoms with Crippen molar-refractivity contribution in [3.63, 3.8) is 0 Å². The number of carbonyl (C=O) groups excluding carboxylic acids is 1. The van der Waals surface area contributed by atoms with Crippen LogP contribution >= 0.6 is 0 Å². The maximum Gasteiger partial charge on any atom is 0.335 e. The lowest BCUT2D eigenvalue weighted by Gasteiger charge is -2.34. The van der Waals surface area contributed by atoms with Gasteiger partial charge in [0.05, 0.1) is 36.1 Å². The Labute approximate surface area is 223 Å². The minimum atomic E-state index is -0.924. The van der Waals surface area contributed by atoms with Gasteiger partial charge in [-0.3, -0.25) is 4.79 Å². The molecule has 0 radical (unpaired) electrons. The predicted molar refractivity (Wildman–Crippen MR) is 142 cm³/mol. The molecule has 8 nitrogen and oxygen atoms in total. The van der Waals surface area contributed by atoms with Crippen LogP contribution in [0.1, 0.15) is 116 Å². The Morgan fingerprint density at radius 1 is 0.892 bits per heavy atom. The van der Waals surface area contributed by atoms with Crippen LogP contribution in [0, 0.1) is 0 Å². The van der Waals surface area contributed by atoms with Crippen LogP contribution < -0.4 is 0 Å². The zero-order chi connectivity index (χ0) is 28.0. The molecule has 2 fully saturated rings. The van der Waals surface area contributed by atoms with E-state index in [-0.39, 0.29) is 42.4 Å². The van der Waals surface area contributed by atoms with Crippen molar-refractivity contribution in [3.8, 4) is 0 Å². The minimum absolute atomic E-state index is 0.0451. The average molecular weight is 525 g/mol. The molecule has 2 aliphatic rings. The zero-order valence-corrected chi connectivity index (χ0v) is 23.9. The number of carboxylic acid groups (broad SMARTS) is 1. The molecule has 0 amide bonds. The largest absolute Gasteiger partial charge is 0.478 e. The number of hydrogen-bond acceptors (Lipinski definition) is 7. The number of rotatable bonds is 7. The molecule has 7 atom stereocenters. The Kier molecular flexibility index (Phi) is 15.6. The normalized spacial score (nSPS) is 28.0. The van der Waals surface area contributed by atoms with Crippen LogP contribution in [0.3, 0.4) is 0 Å². The highest BCUT2D eigenvalue weighted by atomic mass is 16.7. The van der Waals surface area contributed by atoms with Gasteiger partial charge in [-0.2, -0.15) is 0 Å². The molecule has 7 unspecified atom stereocenters. The lowest BCUT2D eigenvalue weighted by molar-refractivity contribution is -0.243. The molecule has 2 aliphatic heterocycles. The van der Waals surface area contributed by atoms with E-state index in [0.717, 1.165) is 44.1 Å². The summed E-state index contributed by atoms with van der Waals surface area (Å²) in [6.45, 7) is 15.8. The standard InChI is InChI=1S/C14H18O4.C9H18O2.C6H12O2/c1-3-12-8-9(2)17-14(18-12)11-6-4-10(5-7-11)13(15)16;1-4-8-6-7(3)10-9(5-2)11-8;1-4-5(2)8-6(3)7/h4-7,9,12,14H,3,8H2,1-2H3,(H,15,16);7-9H,4-6H2,1-3H3;5H,4H2,1-3H3. The number of carbonyl (C=O) groups is 2. The van der Waals surface area contributed by atoms with E-state index in [1.165, 1.54) is 6.92 Å². The lowest BCUT2D eigenvalue weighted by Crippen LogP contribution is -2.36. The number of aromatic carboxylic acids is 1. The fourth-order valence-corrected chi connectivity index (χ4v) is 3.91. The van der Waals surface area contributed by atoms with Gasteiger partial charge < -0.3 is 28.8 Å². The summed E-state index contributed by atoms with van der Waals surface area (Å²) < 4.78 is 27.5. The van der Waals surface area contributed by atoms with Gasteiger partial charge in [0.1, 0.15) is 0 Å². The molecule has 1 N–H and O–H groups in total. The number of ether oxygens (including phenoxy) is 5. The highest BCUT2D eigenvalue weighted by Gasteiger charge is 2.28. The Morgan fingerprint density at radius 3 is 1.86 bits per heavy atom. The summed E-state index contributed by atoms with van der Waals surface area (Å²) in [5.74, 6) is -1.12. The molecule has 2 heterocycles. The van der Waals surface area contributed by atoms with Crippen molar-refractivity contribution >= 4 is 11.9 Å². The summed E-state index contributed by atoms with van der Waals surface area (Å²) in [6.07, 6.45) is 6.75. The molecular weight excluding hydrogens is 476 g/mol. The van der Waals surface area contributed by atoms with Gasteiger partial charge in [-0.15, -0.1) is 0 Å². The van der Waals surface area contributed by atoms with Gasteiger partial charge in [-0.25, -0.2) is 4.79 Å². The molecule has 0 aromatic heterocycles. The average Bonchev–Trinajstić information content (AvgIpc) is 2.88. The Hall–Kier alpha value is -2.00. The van der Waals surface area contributed by atoms with E-state index in [0.29, 0.717) is 12.2 Å². The van der Waals surface area contributed by atoms with Crippen LogP contribution in [0.4, 0.5) is 0 Å². The Balaban J connectivity index is 0.000000308. The van der Waals surface area contributed by atoms with Crippen molar-refractivity contribution in [1.29, 1.82) is 0 Å². The van der Waals surface area contributed by atoms with Crippen molar-refractivity contribution in [3.05, 3.63) is 35.4 Å². The second-order valence-electron chi connectivity index (χ2n) is 9.62. The third kappa shape index (κ3) is 12.9. The molecule has 0 bridgehead atoms. The highest BCUT2D eigenvalue weighted by Crippen LogP contribution is 2.31. The molecular formula is C29H48O8. The third-order valence-electron chi connectivity index (χ3n) is 6.21. The molecule has 37 heavy (non-hydrogen) atoms. The van der Waals surface area contributed by atoms with Gasteiger partial charge in [-0.1, -0.05) is 39.8 Å². The maximum absolute atomic E-state index is 10.8. The second-order valence-corrected chi connectivity index (χ2v) is 9.62. The SMILES string of the molecule is CCC(C)OC(C)=O.CCC1CC(C)OC(CC)O1.CCC1CC(C)OC(c2ccc(C(=O)O)cc2)O1. The highest BCUT2D eigenvalue weighted by molar-refractivity contribution is 5.87. The maximum atomic E-state index is 10.8. The molecule has 0 aliphatic carbocycles. The number of hydrogen-bond donors (Lipinski definition) is 1. The fourth-order valence-electron chi connectivity index (χ4n) is 3.91. The monoisotopic (exact) mass is 524 g/mol. The summed E-state index contributed by atoms with van der Waals surface area (Å²) in [6, 6.07) is 6.65. The van der Waals surface area contributed by atoms with Crippen molar-refractivity contribution in [2.24, 2.45) is 0 Å². The topological polar surface area (TPSA) is 101 Å². The van der Waals surface area contributed by atoms with Gasteiger partial charge in [0.15, 0.2) is 12.6 Å². The molecule has 1 aromatic carbocycles. The van der Waals surface area contributed by atoms with Crippen molar-refractivity contribution < 1.29 is 38.4 Å². The summed E-state index contributed by atoms with van der Waals surface area (Å²) >= 11 is 0. The summed E-state index contributed by atoms with van der Waals surface area (Å²) in [5, 5.41) is 8.85. The van der Waals surface area contributed by atoms with Crippen LogP contribution in [-0.2, 0) is 28.5 Å². The van der Waals surface area contributed by atoms with Gasteiger partial charge in [0.2, 0.25) is 0 Å². The first-order chi connectivity index (χ1) is 17.5. The van der Waals surface area contributed by atoms with Gasteiger partial charge >= 0.3 is 11.9 Å². The molecule has 8 heteroatoms. The first kappa shape index (κ1) is 33.0. The van der Waals surface area contributed by atoms with Crippen molar-refractivity contribution in [1.82, 2.24) is 0 Å². The van der Waals surface area contributed by atoms with E-state index < -0.39 is 5.97 Å². The van der Waals surface area contributed by atoms with Crippen molar-refractivity contribution in [2.45, 2.75) is 137 Å². The Bertz CT molecular complexity index is 769. The van der Waals surface area contributed by atoms with E-state index in [4.69, 9.17) is 28.8 Å². The first-order valence-corrected chi connectivity index (χ1v) is 13.6. The summed E-state index contributed by atoms with van der Waals surface area (Å²) in [7, 11) is 0. The Morgan fingerprint density at radius 2 is 1.43 bits per heavy atom.